The number of thiophene rings is 1. The van der Waals surface area contributed by atoms with Crippen molar-refractivity contribution in [2.45, 2.75) is 25.8 Å². The van der Waals surface area contributed by atoms with Crippen molar-refractivity contribution in [2.75, 3.05) is 45.9 Å². The maximum atomic E-state index is 5.54. The van der Waals surface area contributed by atoms with Crippen LogP contribution in [-0.4, -0.2) is 71.4 Å². The van der Waals surface area contributed by atoms with Crippen LogP contribution >= 0.6 is 35.3 Å². The van der Waals surface area contributed by atoms with Crippen LogP contribution in [0.2, 0.25) is 0 Å². The first kappa shape index (κ1) is 24.9. The number of morpholine rings is 1. The molecule has 0 spiro atoms. The molecule has 1 aliphatic heterocycles. The molecule has 1 saturated heterocycles. The molecule has 8 nitrogen and oxygen atoms in total. The second-order valence-corrected chi connectivity index (χ2v) is 8.45. The topological polar surface area (TPSA) is 79.1 Å². The van der Waals surface area contributed by atoms with E-state index in [9.17, 15) is 0 Å². The van der Waals surface area contributed by atoms with Gasteiger partial charge in [0.15, 0.2) is 11.6 Å². The molecule has 4 rings (SSSR count). The van der Waals surface area contributed by atoms with Crippen molar-refractivity contribution in [3.05, 3.63) is 52.6 Å². The minimum Gasteiger partial charge on any atom is -0.379 e. The van der Waals surface area contributed by atoms with Crippen LogP contribution < -0.4 is 10.6 Å². The van der Waals surface area contributed by atoms with Crippen molar-refractivity contribution in [1.82, 2.24) is 30.1 Å². The van der Waals surface area contributed by atoms with E-state index in [4.69, 9.17) is 9.73 Å². The molecule has 10 heteroatoms. The van der Waals surface area contributed by atoms with E-state index in [1.54, 1.807) is 11.3 Å². The first-order chi connectivity index (χ1) is 15.3. The van der Waals surface area contributed by atoms with Gasteiger partial charge in [-0.1, -0.05) is 12.1 Å². The summed E-state index contributed by atoms with van der Waals surface area (Å²) in [6.07, 6.45) is 3.83. The predicted molar refractivity (Wildman–Crippen MR) is 140 cm³/mol. The van der Waals surface area contributed by atoms with Crippen LogP contribution in [0.3, 0.4) is 0 Å². The highest BCUT2D eigenvalue weighted by Gasteiger charge is 2.23. The molecular weight excluding hydrogens is 537 g/mol. The Bertz CT molecular complexity index is 956. The van der Waals surface area contributed by atoms with Gasteiger partial charge in [0.05, 0.1) is 25.8 Å². The zero-order valence-corrected chi connectivity index (χ0v) is 21.6. The summed E-state index contributed by atoms with van der Waals surface area (Å²) in [4.78, 5) is 8.76. The van der Waals surface area contributed by atoms with E-state index in [0.29, 0.717) is 6.04 Å². The van der Waals surface area contributed by atoms with Gasteiger partial charge in [-0.05, 0) is 36.9 Å². The normalized spacial score (nSPS) is 16.0. The molecule has 0 aliphatic carbocycles. The van der Waals surface area contributed by atoms with E-state index in [1.807, 2.05) is 28.8 Å². The summed E-state index contributed by atoms with van der Waals surface area (Å²) in [5.74, 6) is 1.85. The summed E-state index contributed by atoms with van der Waals surface area (Å²) in [5, 5.41) is 17.5. The third-order valence-electron chi connectivity index (χ3n) is 5.38. The molecule has 0 saturated carbocycles. The van der Waals surface area contributed by atoms with E-state index in [2.05, 4.69) is 50.2 Å². The van der Waals surface area contributed by atoms with E-state index >= 15 is 0 Å². The Morgan fingerprint density at radius 1 is 1.19 bits per heavy atom. The highest BCUT2D eigenvalue weighted by Crippen LogP contribution is 2.26. The monoisotopic (exact) mass is 569 g/mol. The minimum absolute atomic E-state index is 0. The van der Waals surface area contributed by atoms with Crippen molar-refractivity contribution in [2.24, 2.45) is 4.99 Å². The smallest absolute Gasteiger partial charge is 0.191 e. The van der Waals surface area contributed by atoms with Gasteiger partial charge < -0.3 is 15.4 Å². The van der Waals surface area contributed by atoms with Crippen molar-refractivity contribution in [3.8, 4) is 0 Å². The largest absolute Gasteiger partial charge is 0.379 e. The lowest BCUT2D eigenvalue weighted by Crippen LogP contribution is -2.41. The van der Waals surface area contributed by atoms with E-state index < -0.39 is 0 Å². The highest BCUT2D eigenvalue weighted by atomic mass is 127. The standard InChI is InChI=1S/C22H31N7OS.HI/c1-2-23-22(24-10-5-9-21-27-26-20-8-3-4-11-29(20)21)25-17-18(19-7-6-16-31-19)28-12-14-30-15-13-28;/h3-4,6-8,11,16,18H,2,5,9-10,12-15,17H2,1H3,(H2,23,24,25);1H. The molecule has 0 amide bonds. The maximum Gasteiger partial charge on any atom is 0.191 e. The molecular formula is C22H32IN7OS. The number of ether oxygens (including phenoxy) is 1. The molecule has 1 unspecified atom stereocenters. The summed E-state index contributed by atoms with van der Waals surface area (Å²) in [6.45, 7) is 7.98. The number of aromatic nitrogens is 3. The van der Waals surface area contributed by atoms with Gasteiger partial charge in [0.1, 0.15) is 5.82 Å². The molecule has 4 heterocycles. The van der Waals surface area contributed by atoms with Crippen molar-refractivity contribution >= 4 is 46.9 Å². The number of hydrogen-bond donors (Lipinski definition) is 2. The van der Waals surface area contributed by atoms with Crippen LogP contribution in [-0.2, 0) is 11.2 Å². The van der Waals surface area contributed by atoms with Gasteiger partial charge in [-0.2, -0.15) is 0 Å². The first-order valence-corrected chi connectivity index (χ1v) is 11.9. The number of nitrogens with one attached hydrogen (secondary N) is 2. The number of guanidine groups is 1. The number of pyridine rings is 1. The number of nitrogens with zero attached hydrogens (tertiary/aromatic N) is 5. The van der Waals surface area contributed by atoms with Gasteiger partial charge in [0.2, 0.25) is 0 Å². The number of halogens is 1. The average Bonchev–Trinajstić information content (AvgIpc) is 3.48. The average molecular weight is 570 g/mol. The molecule has 0 radical (unpaired) electrons. The van der Waals surface area contributed by atoms with Gasteiger partial charge in [0.25, 0.3) is 0 Å². The molecule has 32 heavy (non-hydrogen) atoms. The third kappa shape index (κ3) is 6.63. The maximum absolute atomic E-state index is 5.54. The van der Waals surface area contributed by atoms with Gasteiger partial charge in [-0.15, -0.1) is 45.5 Å². The Morgan fingerprint density at radius 2 is 2.06 bits per heavy atom. The number of rotatable bonds is 9. The SMILES string of the molecule is CCNC(=NCC(c1cccs1)N1CCOCC1)NCCCc1nnc2ccccn12.I. The molecule has 2 N–H and O–H groups in total. The zero-order chi connectivity index (χ0) is 21.3. The second kappa shape index (κ2) is 13.1. The lowest BCUT2D eigenvalue weighted by Gasteiger charge is -2.33. The van der Waals surface area contributed by atoms with Crippen molar-refractivity contribution < 1.29 is 4.74 Å². The van der Waals surface area contributed by atoms with Gasteiger partial charge in [-0.3, -0.25) is 14.3 Å². The fourth-order valence-electron chi connectivity index (χ4n) is 3.79. The molecule has 1 atom stereocenters. The molecule has 0 aromatic carbocycles. The summed E-state index contributed by atoms with van der Waals surface area (Å²) in [7, 11) is 0. The van der Waals surface area contributed by atoms with Crippen LogP contribution in [0.25, 0.3) is 5.65 Å². The number of aliphatic imine (C=N–C) groups is 1. The third-order valence-corrected chi connectivity index (χ3v) is 6.35. The Balaban J connectivity index is 0.00000289. The number of aryl methyl sites for hydroxylation is 1. The van der Waals surface area contributed by atoms with Gasteiger partial charge >= 0.3 is 0 Å². The van der Waals surface area contributed by atoms with Crippen LogP contribution in [0.15, 0.2) is 46.9 Å². The quantitative estimate of drug-likeness (QED) is 0.179. The van der Waals surface area contributed by atoms with Gasteiger partial charge in [0, 0.05) is 43.7 Å². The van der Waals surface area contributed by atoms with Crippen LogP contribution in [0.4, 0.5) is 0 Å². The Hall–Kier alpha value is -1.76. The molecule has 1 fully saturated rings. The van der Waals surface area contributed by atoms with E-state index in [1.165, 1.54) is 4.88 Å². The molecule has 1 aliphatic rings. The zero-order valence-electron chi connectivity index (χ0n) is 18.4. The van der Waals surface area contributed by atoms with Gasteiger partial charge in [-0.25, -0.2) is 0 Å². The summed E-state index contributed by atoms with van der Waals surface area (Å²) in [5.41, 5.74) is 0.892. The summed E-state index contributed by atoms with van der Waals surface area (Å²) in [6, 6.07) is 10.6. The minimum atomic E-state index is 0. The molecule has 3 aromatic heterocycles. The molecule has 3 aromatic rings. The first-order valence-electron chi connectivity index (χ1n) is 11.0. The van der Waals surface area contributed by atoms with E-state index in [-0.39, 0.29) is 24.0 Å². The number of fused-ring (bicyclic) bond motifs is 1. The lowest BCUT2D eigenvalue weighted by atomic mass is 10.2. The predicted octanol–water partition coefficient (Wildman–Crippen LogP) is 2.97. The summed E-state index contributed by atoms with van der Waals surface area (Å²) < 4.78 is 7.59. The van der Waals surface area contributed by atoms with Crippen LogP contribution in [0.1, 0.15) is 30.1 Å². The van der Waals surface area contributed by atoms with Crippen LogP contribution in [0, 0.1) is 0 Å². The van der Waals surface area contributed by atoms with Crippen LogP contribution in [0.5, 0.6) is 0 Å². The fraction of sp³-hybridized carbons (Fsp3) is 0.500. The summed E-state index contributed by atoms with van der Waals surface area (Å²) >= 11 is 1.80. The lowest BCUT2D eigenvalue weighted by molar-refractivity contribution is 0.0186. The molecule has 0 bridgehead atoms. The Morgan fingerprint density at radius 3 is 2.84 bits per heavy atom. The number of hydrogen-bond acceptors (Lipinski definition) is 6. The highest BCUT2D eigenvalue weighted by molar-refractivity contribution is 14.0. The van der Waals surface area contributed by atoms with Crippen molar-refractivity contribution in [3.63, 3.8) is 0 Å². The fourth-order valence-corrected chi connectivity index (χ4v) is 4.64. The van der Waals surface area contributed by atoms with E-state index in [0.717, 1.165) is 76.2 Å². The Labute approximate surface area is 210 Å². The molecule has 174 valence electrons. The Kier molecular flexibility index (Phi) is 10.2. The van der Waals surface area contributed by atoms with Crippen molar-refractivity contribution in [1.29, 1.82) is 0 Å². The second-order valence-electron chi connectivity index (χ2n) is 7.47.